The molecule has 1 aromatic heterocycles. The summed E-state index contributed by atoms with van der Waals surface area (Å²) < 4.78 is 1.95. The van der Waals surface area contributed by atoms with Gasteiger partial charge in [0.25, 0.3) is 0 Å². The second kappa shape index (κ2) is 3.61. The van der Waals surface area contributed by atoms with Crippen LogP contribution in [0.15, 0.2) is 0 Å². The molecule has 2 heterocycles. The van der Waals surface area contributed by atoms with Crippen LogP contribution in [0.3, 0.4) is 0 Å². The lowest BCUT2D eigenvalue weighted by Crippen LogP contribution is -2.23. The summed E-state index contributed by atoms with van der Waals surface area (Å²) in [5, 5.41) is 7.86. The zero-order chi connectivity index (χ0) is 10.1. The van der Waals surface area contributed by atoms with Gasteiger partial charge in [0.15, 0.2) is 0 Å². The molecule has 0 atom stereocenters. The second-order valence-corrected chi connectivity index (χ2v) is 4.31. The standard InChI is InChI=1S/C10H18N4/c1-7(2)6-14-10(11)8-5-12-4-3-9(8)13-14/h7,12H,3-6,11H2,1-2H3. The first-order valence-corrected chi connectivity index (χ1v) is 5.23. The van der Waals surface area contributed by atoms with Gasteiger partial charge < -0.3 is 11.1 Å². The molecule has 78 valence electrons. The largest absolute Gasteiger partial charge is 0.384 e. The first-order chi connectivity index (χ1) is 6.68. The zero-order valence-corrected chi connectivity index (χ0v) is 8.88. The quantitative estimate of drug-likeness (QED) is 0.731. The van der Waals surface area contributed by atoms with E-state index in [0.29, 0.717) is 5.92 Å². The molecule has 3 N–H and O–H groups in total. The van der Waals surface area contributed by atoms with Gasteiger partial charge in [-0.3, -0.25) is 0 Å². The third kappa shape index (κ3) is 1.62. The number of rotatable bonds is 2. The predicted octanol–water partition coefficient (Wildman–Crippen LogP) is 0.767. The molecule has 1 aliphatic rings. The number of nitrogen functional groups attached to an aromatic ring is 1. The Balaban J connectivity index is 2.29. The first-order valence-electron chi connectivity index (χ1n) is 5.23. The minimum Gasteiger partial charge on any atom is -0.384 e. The fourth-order valence-corrected chi connectivity index (χ4v) is 1.86. The van der Waals surface area contributed by atoms with Crippen molar-refractivity contribution in [2.75, 3.05) is 12.3 Å². The van der Waals surface area contributed by atoms with Crippen molar-refractivity contribution >= 4 is 5.82 Å². The molecule has 0 amide bonds. The van der Waals surface area contributed by atoms with Crippen LogP contribution in [0, 0.1) is 5.92 Å². The Labute approximate surface area is 84.5 Å². The Morgan fingerprint density at radius 2 is 2.36 bits per heavy atom. The van der Waals surface area contributed by atoms with E-state index in [1.54, 1.807) is 0 Å². The molecular formula is C10H18N4. The van der Waals surface area contributed by atoms with Gasteiger partial charge in [0, 0.05) is 31.6 Å². The maximum absolute atomic E-state index is 6.03. The lowest BCUT2D eigenvalue weighted by molar-refractivity contribution is 0.484. The van der Waals surface area contributed by atoms with E-state index in [-0.39, 0.29) is 0 Å². The number of fused-ring (bicyclic) bond motifs is 1. The van der Waals surface area contributed by atoms with Crippen molar-refractivity contribution in [2.45, 2.75) is 33.4 Å². The summed E-state index contributed by atoms with van der Waals surface area (Å²) in [6.07, 6.45) is 1.00. The molecule has 0 saturated carbocycles. The normalized spacial score (nSPS) is 15.9. The van der Waals surface area contributed by atoms with Crippen molar-refractivity contribution in [3.63, 3.8) is 0 Å². The summed E-state index contributed by atoms with van der Waals surface area (Å²) >= 11 is 0. The first kappa shape index (κ1) is 9.52. The lowest BCUT2D eigenvalue weighted by Gasteiger charge is -2.11. The number of nitrogens with one attached hydrogen (secondary N) is 1. The van der Waals surface area contributed by atoms with E-state index in [4.69, 9.17) is 5.73 Å². The summed E-state index contributed by atoms with van der Waals surface area (Å²) in [5.41, 5.74) is 8.42. The molecule has 0 radical (unpaired) electrons. The van der Waals surface area contributed by atoms with Crippen molar-refractivity contribution in [3.05, 3.63) is 11.3 Å². The SMILES string of the molecule is CC(C)Cn1nc2c(c1N)CNCC2. The Hall–Kier alpha value is -1.03. The maximum atomic E-state index is 6.03. The molecule has 0 bridgehead atoms. The minimum absolute atomic E-state index is 0.589. The maximum Gasteiger partial charge on any atom is 0.126 e. The molecule has 4 nitrogen and oxygen atoms in total. The Kier molecular flexibility index (Phi) is 2.46. The number of nitrogens with zero attached hydrogens (tertiary/aromatic N) is 2. The van der Waals surface area contributed by atoms with Crippen LogP contribution in [0.5, 0.6) is 0 Å². The summed E-state index contributed by atoms with van der Waals surface area (Å²) in [5.74, 6) is 1.44. The summed E-state index contributed by atoms with van der Waals surface area (Å²) in [6.45, 7) is 7.17. The van der Waals surface area contributed by atoms with Crippen molar-refractivity contribution in [2.24, 2.45) is 5.92 Å². The molecule has 14 heavy (non-hydrogen) atoms. The van der Waals surface area contributed by atoms with Gasteiger partial charge in [0.05, 0.1) is 5.69 Å². The van der Waals surface area contributed by atoms with E-state index in [1.165, 1.54) is 11.3 Å². The van der Waals surface area contributed by atoms with Gasteiger partial charge in [-0.2, -0.15) is 5.10 Å². The van der Waals surface area contributed by atoms with E-state index < -0.39 is 0 Å². The molecule has 4 heteroatoms. The third-order valence-corrected chi connectivity index (χ3v) is 2.56. The van der Waals surface area contributed by atoms with E-state index in [2.05, 4.69) is 24.3 Å². The monoisotopic (exact) mass is 194 g/mol. The third-order valence-electron chi connectivity index (χ3n) is 2.56. The van der Waals surface area contributed by atoms with Gasteiger partial charge >= 0.3 is 0 Å². The van der Waals surface area contributed by atoms with E-state index in [0.717, 1.165) is 31.9 Å². The highest BCUT2D eigenvalue weighted by molar-refractivity contribution is 5.44. The molecule has 2 rings (SSSR count). The van der Waals surface area contributed by atoms with Crippen molar-refractivity contribution < 1.29 is 0 Å². The molecule has 0 spiro atoms. The summed E-state index contributed by atoms with van der Waals surface area (Å²) in [4.78, 5) is 0. The number of aromatic nitrogens is 2. The smallest absolute Gasteiger partial charge is 0.126 e. The molecule has 0 aliphatic carbocycles. The predicted molar refractivity (Wildman–Crippen MR) is 56.9 cm³/mol. The summed E-state index contributed by atoms with van der Waals surface area (Å²) in [6, 6.07) is 0. The van der Waals surface area contributed by atoms with Gasteiger partial charge in [-0.1, -0.05) is 13.8 Å². The van der Waals surface area contributed by atoms with Crippen LogP contribution in [-0.4, -0.2) is 16.3 Å². The van der Waals surface area contributed by atoms with Crippen LogP contribution in [0.4, 0.5) is 5.82 Å². The van der Waals surface area contributed by atoms with Gasteiger partial charge in [-0.15, -0.1) is 0 Å². The second-order valence-electron chi connectivity index (χ2n) is 4.31. The molecule has 1 aromatic rings. The zero-order valence-electron chi connectivity index (χ0n) is 8.88. The highest BCUT2D eigenvalue weighted by atomic mass is 15.3. The molecule has 0 saturated heterocycles. The fourth-order valence-electron chi connectivity index (χ4n) is 1.86. The topological polar surface area (TPSA) is 55.9 Å². The minimum atomic E-state index is 0.589. The fraction of sp³-hybridized carbons (Fsp3) is 0.700. The molecule has 0 aromatic carbocycles. The number of hydrogen-bond donors (Lipinski definition) is 2. The van der Waals surface area contributed by atoms with Gasteiger partial charge in [-0.05, 0) is 5.92 Å². The van der Waals surface area contributed by atoms with Gasteiger partial charge in [0.1, 0.15) is 5.82 Å². The van der Waals surface area contributed by atoms with E-state index in [9.17, 15) is 0 Å². The molecule has 1 aliphatic heterocycles. The molecule has 0 unspecified atom stereocenters. The average Bonchev–Trinajstić information content (AvgIpc) is 2.44. The van der Waals surface area contributed by atoms with Crippen molar-refractivity contribution in [1.29, 1.82) is 0 Å². The van der Waals surface area contributed by atoms with Gasteiger partial charge in [-0.25, -0.2) is 4.68 Å². The summed E-state index contributed by atoms with van der Waals surface area (Å²) in [7, 11) is 0. The Morgan fingerprint density at radius 3 is 3.00 bits per heavy atom. The van der Waals surface area contributed by atoms with Crippen molar-refractivity contribution in [1.82, 2.24) is 15.1 Å². The number of hydrogen-bond acceptors (Lipinski definition) is 3. The Morgan fingerprint density at radius 1 is 1.57 bits per heavy atom. The van der Waals surface area contributed by atoms with Crippen LogP contribution in [-0.2, 0) is 19.5 Å². The van der Waals surface area contributed by atoms with Crippen LogP contribution >= 0.6 is 0 Å². The van der Waals surface area contributed by atoms with E-state index in [1.807, 2.05) is 4.68 Å². The van der Waals surface area contributed by atoms with Crippen LogP contribution in [0.25, 0.3) is 0 Å². The van der Waals surface area contributed by atoms with Crippen LogP contribution in [0.1, 0.15) is 25.1 Å². The molecular weight excluding hydrogens is 176 g/mol. The molecule has 0 fully saturated rings. The van der Waals surface area contributed by atoms with E-state index >= 15 is 0 Å². The Bertz CT molecular complexity index is 327. The van der Waals surface area contributed by atoms with Gasteiger partial charge in [0.2, 0.25) is 0 Å². The average molecular weight is 194 g/mol. The van der Waals surface area contributed by atoms with Crippen molar-refractivity contribution in [3.8, 4) is 0 Å². The lowest BCUT2D eigenvalue weighted by atomic mass is 10.1. The highest BCUT2D eigenvalue weighted by Gasteiger charge is 2.18. The number of nitrogens with two attached hydrogens (primary N) is 1. The number of anilines is 1. The van der Waals surface area contributed by atoms with Crippen LogP contribution < -0.4 is 11.1 Å². The van der Waals surface area contributed by atoms with Crippen LogP contribution in [0.2, 0.25) is 0 Å². The highest BCUT2D eigenvalue weighted by Crippen LogP contribution is 2.20.